The summed E-state index contributed by atoms with van der Waals surface area (Å²) < 4.78 is 37.1. The molecule has 3 aliphatic heterocycles. The molecule has 0 amide bonds. The lowest BCUT2D eigenvalue weighted by Gasteiger charge is -2.48. The molecule has 0 aliphatic carbocycles. The quantitative estimate of drug-likeness (QED) is 0.179. The largest absolute Gasteiger partial charge is 0.509 e. The van der Waals surface area contributed by atoms with Crippen molar-refractivity contribution in [2.45, 2.75) is 135 Å². The van der Waals surface area contributed by atoms with Gasteiger partial charge in [0.2, 0.25) is 0 Å². The number of aliphatic hydroxyl groups is 2. The van der Waals surface area contributed by atoms with E-state index in [-0.39, 0.29) is 25.2 Å². The predicted molar refractivity (Wildman–Crippen MR) is 214 cm³/mol. The van der Waals surface area contributed by atoms with Gasteiger partial charge in [-0.15, -0.1) is 0 Å². The lowest BCUT2D eigenvalue weighted by atomic mass is 9.73. The lowest BCUT2D eigenvalue weighted by Crippen LogP contribution is -2.60. The molecule has 3 fully saturated rings. The van der Waals surface area contributed by atoms with E-state index in [0.29, 0.717) is 18.6 Å². The number of hydrogen-bond acceptors (Lipinski definition) is 14. The fourth-order valence-corrected chi connectivity index (χ4v) is 8.90. The number of carbonyl (C=O) groups excluding carboxylic acids is 2. The van der Waals surface area contributed by atoms with E-state index < -0.39 is 83.8 Å². The van der Waals surface area contributed by atoms with Crippen molar-refractivity contribution in [1.82, 2.24) is 9.88 Å². The van der Waals surface area contributed by atoms with E-state index in [9.17, 15) is 19.8 Å². The number of pyridine rings is 1. The minimum atomic E-state index is -1.39. The summed E-state index contributed by atoms with van der Waals surface area (Å²) in [6.07, 6.45) is -0.523. The summed E-state index contributed by atoms with van der Waals surface area (Å²) in [6, 6.07) is 9.67. The highest BCUT2D eigenvalue weighted by atomic mass is 16.8. The number of carbonyl (C=O) groups is 2. The smallest absolute Gasteiger partial charge is 0.458 e. The number of para-hydroxylation sites is 1. The van der Waals surface area contributed by atoms with E-state index in [4.69, 9.17) is 38.4 Å². The van der Waals surface area contributed by atoms with Gasteiger partial charge in [-0.3, -0.25) is 9.78 Å². The van der Waals surface area contributed by atoms with Gasteiger partial charge < -0.3 is 48.4 Å². The zero-order valence-corrected chi connectivity index (χ0v) is 35.3. The van der Waals surface area contributed by atoms with Gasteiger partial charge in [-0.2, -0.15) is 0 Å². The van der Waals surface area contributed by atoms with Crippen molar-refractivity contribution in [1.29, 1.82) is 0 Å². The molecule has 14 atom stereocenters. The Balaban J connectivity index is 1.53. The second-order valence-corrected chi connectivity index (χ2v) is 16.8. The van der Waals surface area contributed by atoms with Crippen LogP contribution in [-0.2, 0) is 38.1 Å². The Kier molecular flexibility index (Phi) is 14.4. The maximum Gasteiger partial charge on any atom is 0.509 e. The molecule has 2 aromatic rings. The molecular formula is C43H63N3O11. The summed E-state index contributed by atoms with van der Waals surface area (Å²) in [7, 11) is 5.35. The third kappa shape index (κ3) is 9.63. The van der Waals surface area contributed by atoms with Crippen molar-refractivity contribution < 1.29 is 53.1 Å². The van der Waals surface area contributed by atoms with Crippen LogP contribution >= 0.6 is 0 Å². The van der Waals surface area contributed by atoms with E-state index in [1.165, 1.54) is 0 Å². The third-order valence-electron chi connectivity index (χ3n) is 12.3. The predicted octanol–water partition coefficient (Wildman–Crippen LogP) is 5.76. The molecule has 0 saturated carbocycles. The maximum absolute atomic E-state index is 13.9. The number of ether oxygens (including phenoxy) is 6. The Hall–Kier alpha value is -3.66. The molecular weight excluding hydrogens is 734 g/mol. The Bertz CT molecular complexity index is 1760. The summed E-state index contributed by atoms with van der Waals surface area (Å²) in [6.45, 7) is 14.7. The zero-order valence-electron chi connectivity index (χ0n) is 35.3. The van der Waals surface area contributed by atoms with E-state index in [1.54, 1.807) is 34.1 Å². The number of fused-ring (bicyclic) bond motifs is 2. The van der Waals surface area contributed by atoms with Crippen LogP contribution < -0.4 is 0 Å². The van der Waals surface area contributed by atoms with Crippen molar-refractivity contribution in [2.75, 3.05) is 27.8 Å². The summed E-state index contributed by atoms with van der Waals surface area (Å²) in [5.74, 6) is -3.42. The Morgan fingerprint density at radius 3 is 2.44 bits per heavy atom. The van der Waals surface area contributed by atoms with E-state index in [0.717, 1.165) is 16.5 Å². The van der Waals surface area contributed by atoms with Gasteiger partial charge in [0.25, 0.3) is 0 Å². The van der Waals surface area contributed by atoms with Crippen molar-refractivity contribution >= 4 is 34.8 Å². The number of methoxy groups -OCH3 is 1. The van der Waals surface area contributed by atoms with Gasteiger partial charge in [0.15, 0.2) is 18.0 Å². The van der Waals surface area contributed by atoms with E-state index >= 15 is 0 Å². The Morgan fingerprint density at radius 2 is 1.75 bits per heavy atom. The second-order valence-electron chi connectivity index (χ2n) is 16.8. The molecule has 3 aliphatic rings. The number of esters is 1. The molecule has 4 heterocycles. The monoisotopic (exact) mass is 797 g/mol. The first-order chi connectivity index (χ1) is 26.9. The maximum atomic E-state index is 13.9. The average Bonchev–Trinajstić information content (AvgIpc) is 3.50. The minimum Gasteiger partial charge on any atom is -0.458 e. The van der Waals surface area contributed by atoms with Gasteiger partial charge in [-0.05, 0) is 84.8 Å². The molecule has 3 saturated heterocycles. The fourth-order valence-electron chi connectivity index (χ4n) is 8.90. The van der Waals surface area contributed by atoms with Crippen LogP contribution in [0.5, 0.6) is 0 Å². The van der Waals surface area contributed by atoms with Crippen LogP contribution in [0.2, 0.25) is 0 Å². The van der Waals surface area contributed by atoms with Gasteiger partial charge in [0, 0.05) is 42.5 Å². The molecule has 14 nitrogen and oxygen atoms in total. The second kappa shape index (κ2) is 18.5. The number of hydrogen-bond donors (Lipinski definition) is 2. The highest BCUT2D eigenvalue weighted by Gasteiger charge is 2.58. The molecule has 0 radical (unpaired) electrons. The van der Waals surface area contributed by atoms with Crippen molar-refractivity contribution in [3.63, 3.8) is 0 Å². The van der Waals surface area contributed by atoms with Crippen LogP contribution in [0, 0.1) is 23.7 Å². The first-order valence-corrected chi connectivity index (χ1v) is 20.1. The molecule has 14 heteroatoms. The van der Waals surface area contributed by atoms with E-state index in [1.807, 2.05) is 96.1 Å². The number of cyclic esters (lactones) is 1. The number of nitrogens with zero attached hydrogens (tertiary/aromatic N) is 3. The van der Waals surface area contributed by atoms with Gasteiger partial charge in [0.1, 0.15) is 18.8 Å². The number of benzene rings is 1. The summed E-state index contributed by atoms with van der Waals surface area (Å²) in [5.41, 5.74) is -0.202. The van der Waals surface area contributed by atoms with E-state index in [2.05, 4.69) is 4.98 Å². The highest BCUT2D eigenvalue weighted by Crippen LogP contribution is 2.42. The van der Waals surface area contributed by atoms with Crippen LogP contribution in [0.15, 0.2) is 47.8 Å². The molecule has 5 rings (SSSR count). The fraction of sp³-hybridized carbons (Fsp3) is 0.674. The number of aromatic nitrogens is 1. The topological polar surface area (TPSA) is 168 Å². The molecule has 1 aromatic heterocycles. The first-order valence-electron chi connectivity index (χ1n) is 20.1. The molecule has 316 valence electrons. The normalized spacial score (nSPS) is 39.1. The number of aliphatic hydroxyl groups excluding tert-OH is 2. The summed E-state index contributed by atoms with van der Waals surface area (Å²) in [4.78, 5) is 39.2. The number of oxime groups is 1. The highest BCUT2D eigenvalue weighted by molar-refractivity contribution is 5.89. The molecule has 0 bridgehead atoms. The van der Waals surface area contributed by atoms with Crippen LogP contribution in [0.4, 0.5) is 4.79 Å². The summed E-state index contributed by atoms with van der Waals surface area (Å²) in [5, 5.41) is 29.2. The van der Waals surface area contributed by atoms with Gasteiger partial charge in [-0.25, -0.2) is 4.79 Å². The zero-order chi connectivity index (χ0) is 41.8. The number of likely N-dealkylation sites (N-methyl/N-ethyl adjacent to an activating group) is 1. The van der Waals surface area contributed by atoms with Crippen LogP contribution in [0.3, 0.4) is 0 Å². The van der Waals surface area contributed by atoms with Crippen molar-refractivity contribution in [2.24, 2.45) is 28.8 Å². The van der Waals surface area contributed by atoms with Gasteiger partial charge in [-0.1, -0.05) is 57.1 Å². The standard InChI is InChI=1S/C43H63N3O11/c1-12-33-43(8)38(56-41(50)57-43)26(4)34(45-52-19-15-16-29-21-30-17-13-14-18-31(30)44-23-29)24(2)22-42(7,51-11)37(27(5)35(47)28(6)39(49)54-33)55-40-36(48)32(46(9)10)20-25(3)53-40/h13-18,21,23-28,32-33,35-38,40,47-48H,12,19-20,22H2,1-11H3/b16-15+,45-34+/t24-,25-,26+,27+,28-,32+,33-,35+,36-,37-,38-,40+,42-,43-/m1/s1. The lowest BCUT2D eigenvalue weighted by molar-refractivity contribution is -0.301. The number of rotatable bonds is 9. The molecule has 0 unspecified atom stereocenters. The van der Waals surface area contributed by atoms with Crippen LogP contribution in [-0.4, -0.2) is 126 Å². The molecule has 0 spiro atoms. The first kappa shape index (κ1) is 44.4. The van der Waals surface area contributed by atoms with Crippen LogP contribution in [0.25, 0.3) is 17.0 Å². The Labute approximate surface area is 336 Å². The SMILES string of the molecule is CC[C@H]1OC(=O)[C@H](C)[C@@H](O)[C@H](C)[C@@H](O[C@@H]2O[C@H](C)C[C@H](N(C)C)[C@H]2O)[C@](C)(OC)C[C@@H](C)/C(=N\OC/C=C/c2cnc3ccccc3c2)[C@H](C)[C@H]2OC(=O)O[C@@]21C. The Morgan fingerprint density at radius 1 is 1.04 bits per heavy atom. The average molecular weight is 798 g/mol. The molecule has 1 aromatic carbocycles. The van der Waals surface area contributed by atoms with Crippen molar-refractivity contribution in [3.8, 4) is 0 Å². The minimum absolute atomic E-state index is 0.125. The molecule has 57 heavy (non-hydrogen) atoms. The van der Waals surface area contributed by atoms with Gasteiger partial charge in [0.05, 0.1) is 41.1 Å². The third-order valence-corrected chi connectivity index (χ3v) is 12.3. The molecule has 2 N–H and O–H groups in total. The summed E-state index contributed by atoms with van der Waals surface area (Å²) >= 11 is 0. The van der Waals surface area contributed by atoms with Gasteiger partial charge >= 0.3 is 12.1 Å². The van der Waals surface area contributed by atoms with Crippen molar-refractivity contribution in [3.05, 3.63) is 48.2 Å². The van der Waals surface area contributed by atoms with Crippen LogP contribution in [0.1, 0.15) is 80.2 Å².